The summed E-state index contributed by atoms with van der Waals surface area (Å²) in [5, 5.41) is 3.51. The molecule has 2 aromatic rings. The largest absolute Gasteiger partial charge is 0.325 e. The number of nitrogens with zero attached hydrogens (tertiary/aromatic N) is 1. The number of rotatable bonds is 3. The third-order valence-electron chi connectivity index (χ3n) is 4.02. The molecule has 2 aromatic carbocycles. The molecule has 4 nitrogen and oxygen atoms in total. The molecule has 3 rings (SSSR count). The van der Waals surface area contributed by atoms with Gasteiger partial charge in [-0.1, -0.05) is 17.7 Å². The molecule has 1 aliphatic heterocycles. The second-order valence-electron chi connectivity index (χ2n) is 5.85. The molecule has 0 radical (unpaired) electrons. The van der Waals surface area contributed by atoms with E-state index in [4.69, 9.17) is 11.6 Å². The summed E-state index contributed by atoms with van der Waals surface area (Å²) in [6.07, 6.45) is 0.206. The zero-order chi connectivity index (χ0) is 17.3. The quantitative estimate of drug-likeness (QED) is 0.819. The first kappa shape index (κ1) is 17.0. The van der Waals surface area contributed by atoms with E-state index in [1.165, 1.54) is 0 Å². The molecule has 2 amide bonds. The summed E-state index contributed by atoms with van der Waals surface area (Å²) in [6.45, 7) is 2.35. The molecule has 1 aliphatic rings. The minimum Gasteiger partial charge on any atom is -0.325 e. The van der Waals surface area contributed by atoms with Gasteiger partial charge in [-0.3, -0.25) is 9.59 Å². The first-order chi connectivity index (χ1) is 11.4. The van der Waals surface area contributed by atoms with Gasteiger partial charge < -0.3 is 10.2 Å². The van der Waals surface area contributed by atoms with Crippen molar-refractivity contribution in [2.45, 2.75) is 13.3 Å². The van der Waals surface area contributed by atoms with Crippen molar-refractivity contribution in [1.82, 2.24) is 0 Å². The maximum Gasteiger partial charge on any atom is 0.229 e. The zero-order valence-corrected chi connectivity index (χ0v) is 15.4. The number of halogens is 2. The Morgan fingerprint density at radius 3 is 2.62 bits per heavy atom. The van der Waals surface area contributed by atoms with Crippen molar-refractivity contribution in [1.29, 1.82) is 0 Å². The van der Waals surface area contributed by atoms with E-state index >= 15 is 0 Å². The van der Waals surface area contributed by atoms with Gasteiger partial charge in [-0.2, -0.15) is 0 Å². The summed E-state index contributed by atoms with van der Waals surface area (Å²) in [7, 11) is 0. The maximum atomic E-state index is 12.5. The van der Waals surface area contributed by atoms with Crippen LogP contribution >= 0.6 is 27.5 Å². The summed E-state index contributed by atoms with van der Waals surface area (Å²) in [4.78, 5) is 26.4. The number of hydrogen-bond acceptors (Lipinski definition) is 2. The van der Waals surface area contributed by atoms with Crippen molar-refractivity contribution in [2.24, 2.45) is 5.92 Å². The molecule has 1 N–H and O–H groups in total. The Kier molecular flexibility index (Phi) is 4.92. The lowest BCUT2D eigenvalue weighted by atomic mass is 10.1. The Morgan fingerprint density at radius 2 is 1.96 bits per heavy atom. The Labute approximate surface area is 153 Å². The van der Waals surface area contributed by atoms with Crippen LogP contribution in [-0.2, 0) is 9.59 Å². The normalized spacial score (nSPS) is 17.2. The number of carbonyl (C=O) groups is 2. The summed E-state index contributed by atoms with van der Waals surface area (Å²) in [5.74, 6) is -0.578. The smallest absolute Gasteiger partial charge is 0.229 e. The van der Waals surface area contributed by atoms with Crippen LogP contribution in [0.1, 0.15) is 12.0 Å². The van der Waals surface area contributed by atoms with Crippen molar-refractivity contribution in [3.63, 3.8) is 0 Å². The Hall–Kier alpha value is -1.85. The van der Waals surface area contributed by atoms with Crippen LogP contribution in [0.3, 0.4) is 0 Å². The molecule has 6 heteroatoms. The molecular formula is C18H16BrClN2O2. The lowest BCUT2D eigenvalue weighted by Gasteiger charge is -2.17. The summed E-state index contributed by atoms with van der Waals surface area (Å²) in [5.41, 5.74) is 2.57. The van der Waals surface area contributed by atoms with Crippen LogP contribution in [-0.4, -0.2) is 18.4 Å². The average molecular weight is 408 g/mol. The highest BCUT2D eigenvalue weighted by molar-refractivity contribution is 9.10. The summed E-state index contributed by atoms with van der Waals surface area (Å²) < 4.78 is 0.828. The highest BCUT2D eigenvalue weighted by Gasteiger charge is 2.35. The van der Waals surface area contributed by atoms with Crippen LogP contribution in [0.15, 0.2) is 46.9 Å². The molecular weight excluding hydrogens is 392 g/mol. The van der Waals surface area contributed by atoms with E-state index in [0.29, 0.717) is 17.3 Å². The molecule has 0 spiro atoms. The lowest BCUT2D eigenvalue weighted by molar-refractivity contribution is -0.122. The van der Waals surface area contributed by atoms with Crippen molar-refractivity contribution < 1.29 is 9.59 Å². The van der Waals surface area contributed by atoms with E-state index < -0.39 is 0 Å². The first-order valence-corrected chi connectivity index (χ1v) is 8.74. The summed E-state index contributed by atoms with van der Waals surface area (Å²) >= 11 is 9.32. The van der Waals surface area contributed by atoms with E-state index in [0.717, 1.165) is 15.7 Å². The lowest BCUT2D eigenvalue weighted by Crippen LogP contribution is -2.28. The first-order valence-electron chi connectivity index (χ1n) is 7.57. The molecule has 1 atom stereocenters. The Morgan fingerprint density at radius 1 is 1.25 bits per heavy atom. The highest BCUT2D eigenvalue weighted by Crippen LogP contribution is 2.29. The molecule has 0 saturated carbocycles. The van der Waals surface area contributed by atoms with E-state index in [1.54, 1.807) is 29.2 Å². The van der Waals surface area contributed by atoms with E-state index in [1.807, 2.05) is 25.1 Å². The van der Waals surface area contributed by atoms with E-state index in [2.05, 4.69) is 21.2 Å². The van der Waals surface area contributed by atoms with Crippen LogP contribution in [0.5, 0.6) is 0 Å². The van der Waals surface area contributed by atoms with Crippen LogP contribution < -0.4 is 10.2 Å². The van der Waals surface area contributed by atoms with Crippen LogP contribution in [0, 0.1) is 12.8 Å². The number of nitrogens with one attached hydrogen (secondary N) is 1. The van der Waals surface area contributed by atoms with Gasteiger partial charge in [0, 0.05) is 28.1 Å². The van der Waals surface area contributed by atoms with Gasteiger partial charge in [0.1, 0.15) is 0 Å². The third-order valence-corrected chi connectivity index (χ3v) is 4.92. The van der Waals surface area contributed by atoms with Gasteiger partial charge in [-0.05, 0) is 64.8 Å². The molecule has 1 heterocycles. The van der Waals surface area contributed by atoms with Crippen molar-refractivity contribution in [3.8, 4) is 0 Å². The predicted octanol–water partition coefficient (Wildman–Crippen LogP) is 4.40. The van der Waals surface area contributed by atoms with Gasteiger partial charge in [-0.25, -0.2) is 0 Å². The minimum absolute atomic E-state index is 0.0551. The number of hydrogen-bond donors (Lipinski definition) is 1. The van der Waals surface area contributed by atoms with Crippen LogP contribution in [0.2, 0.25) is 5.02 Å². The number of benzene rings is 2. The SMILES string of the molecule is Cc1ccc(NC(=O)C2CC(=O)N(c3ccc(Cl)cc3)C2)c(Br)c1. The van der Waals surface area contributed by atoms with Gasteiger partial charge in [0.2, 0.25) is 11.8 Å². The molecule has 1 fully saturated rings. The van der Waals surface area contributed by atoms with E-state index in [-0.39, 0.29) is 24.2 Å². The third kappa shape index (κ3) is 3.62. The Bertz CT molecular complexity index is 792. The average Bonchev–Trinajstić information content (AvgIpc) is 2.93. The van der Waals surface area contributed by atoms with Crippen molar-refractivity contribution in [2.75, 3.05) is 16.8 Å². The monoisotopic (exact) mass is 406 g/mol. The number of aryl methyl sites for hydroxylation is 1. The predicted molar refractivity (Wildman–Crippen MR) is 99.4 cm³/mol. The minimum atomic E-state index is -0.374. The van der Waals surface area contributed by atoms with Gasteiger partial charge in [-0.15, -0.1) is 0 Å². The molecule has 0 bridgehead atoms. The fraction of sp³-hybridized carbons (Fsp3) is 0.222. The van der Waals surface area contributed by atoms with Gasteiger partial charge >= 0.3 is 0 Å². The van der Waals surface area contributed by atoms with Crippen molar-refractivity contribution >= 4 is 50.7 Å². The fourth-order valence-corrected chi connectivity index (χ4v) is 3.43. The van der Waals surface area contributed by atoms with Crippen LogP contribution in [0.25, 0.3) is 0 Å². The van der Waals surface area contributed by atoms with Crippen molar-refractivity contribution in [3.05, 3.63) is 57.5 Å². The standard InChI is InChI=1S/C18H16BrClN2O2/c1-11-2-7-16(15(19)8-11)21-18(24)12-9-17(23)22(10-12)14-5-3-13(20)4-6-14/h2-8,12H,9-10H2,1H3,(H,21,24). The maximum absolute atomic E-state index is 12.5. The topological polar surface area (TPSA) is 49.4 Å². The van der Waals surface area contributed by atoms with Gasteiger partial charge in [0.25, 0.3) is 0 Å². The highest BCUT2D eigenvalue weighted by atomic mass is 79.9. The zero-order valence-electron chi connectivity index (χ0n) is 13.1. The molecule has 0 aliphatic carbocycles. The van der Waals surface area contributed by atoms with Gasteiger partial charge in [0.05, 0.1) is 11.6 Å². The number of carbonyl (C=O) groups excluding carboxylic acids is 2. The van der Waals surface area contributed by atoms with E-state index in [9.17, 15) is 9.59 Å². The van der Waals surface area contributed by atoms with Crippen LogP contribution in [0.4, 0.5) is 11.4 Å². The number of amides is 2. The molecule has 1 saturated heterocycles. The molecule has 1 unspecified atom stereocenters. The Balaban J connectivity index is 1.70. The molecule has 0 aromatic heterocycles. The summed E-state index contributed by atoms with van der Waals surface area (Å²) in [6, 6.07) is 12.8. The molecule has 124 valence electrons. The second kappa shape index (κ2) is 6.95. The fourth-order valence-electron chi connectivity index (χ4n) is 2.71. The number of anilines is 2. The second-order valence-corrected chi connectivity index (χ2v) is 7.15. The van der Waals surface area contributed by atoms with Gasteiger partial charge in [0.15, 0.2) is 0 Å². The molecule has 24 heavy (non-hydrogen) atoms.